The lowest BCUT2D eigenvalue weighted by Crippen LogP contribution is -2.20. The van der Waals surface area contributed by atoms with Crippen LogP contribution in [0.5, 0.6) is 11.5 Å². The van der Waals surface area contributed by atoms with Gasteiger partial charge in [-0.25, -0.2) is 4.98 Å². The van der Waals surface area contributed by atoms with Gasteiger partial charge in [-0.2, -0.15) is 9.78 Å². The molecule has 1 heterocycles. The third-order valence-corrected chi connectivity index (χ3v) is 4.19. The highest BCUT2D eigenvalue weighted by atomic mass is 79.9. The molecule has 0 aliphatic heterocycles. The molecule has 0 saturated carbocycles. The van der Waals surface area contributed by atoms with Crippen molar-refractivity contribution >= 4 is 33.0 Å². The van der Waals surface area contributed by atoms with E-state index in [2.05, 4.69) is 26.0 Å². The van der Waals surface area contributed by atoms with Crippen LogP contribution in [0.3, 0.4) is 0 Å². The summed E-state index contributed by atoms with van der Waals surface area (Å²) in [5.74, 6) is 0.863. The molecule has 1 aromatic heterocycles. The van der Waals surface area contributed by atoms with Gasteiger partial charge in [0.2, 0.25) is 0 Å². The molecule has 0 bridgehead atoms. The maximum Gasteiger partial charge on any atom is 0.282 e. The van der Waals surface area contributed by atoms with E-state index in [9.17, 15) is 9.90 Å². The minimum atomic E-state index is -0.234. The molecular weight excluding hydrogens is 386 g/mol. The molecule has 6 nitrogen and oxygen atoms in total. The molecule has 1 N–H and O–H groups in total. The summed E-state index contributed by atoms with van der Waals surface area (Å²) in [6.45, 7) is 3.98. The summed E-state index contributed by atoms with van der Waals surface area (Å²) in [7, 11) is 0. The third-order valence-electron chi connectivity index (χ3n) is 3.59. The van der Waals surface area contributed by atoms with Gasteiger partial charge in [-0.3, -0.25) is 4.79 Å². The molecule has 0 saturated heterocycles. The van der Waals surface area contributed by atoms with E-state index in [0.717, 1.165) is 0 Å². The van der Waals surface area contributed by atoms with Crippen molar-refractivity contribution in [1.29, 1.82) is 0 Å². The average Bonchev–Trinajstić information content (AvgIpc) is 2.59. The number of hydrogen-bond acceptors (Lipinski definition) is 5. The quantitative estimate of drug-likeness (QED) is 0.679. The van der Waals surface area contributed by atoms with Gasteiger partial charge in [0.1, 0.15) is 5.82 Å². The van der Waals surface area contributed by atoms with E-state index >= 15 is 0 Å². The molecule has 0 radical (unpaired) electrons. The molecule has 2 aromatic carbocycles. The van der Waals surface area contributed by atoms with Gasteiger partial charge < -0.3 is 9.84 Å². The fourth-order valence-corrected chi connectivity index (χ4v) is 2.89. The van der Waals surface area contributed by atoms with Crippen LogP contribution in [-0.4, -0.2) is 27.6 Å². The Labute approximate surface area is 152 Å². The van der Waals surface area contributed by atoms with Crippen LogP contribution in [0.15, 0.2) is 50.8 Å². The number of aromatic hydroxyl groups is 1. The molecule has 25 heavy (non-hydrogen) atoms. The Kier molecular flexibility index (Phi) is 4.85. The molecule has 0 aliphatic rings. The van der Waals surface area contributed by atoms with Gasteiger partial charge in [0.15, 0.2) is 11.5 Å². The van der Waals surface area contributed by atoms with Crippen molar-refractivity contribution in [1.82, 2.24) is 9.66 Å². The van der Waals surface area contributed by atoms with Crippen molar-refractivity contribution in [3.05, 3.63) is 62.6 Å². The minimum absolute atomic E-state index is 0.0275. The monoisotopic (exact) mass is 401 g/mol. The predicted molar refractivity (Wildman–Crippen MR) is 101 cm³/mol. The van der Waals surface area contributed by atoms with E-state index in [1.165, 1.54) is 10.9 Å². The standard InChI is InChI=1S/C18H16BrN3O3/c1-3-25-16-9-12(8-14(19)17(16)23)10-20-22-11(2)21-15-7-5-4-6-13(15)18(22)24/h4-10,23H,3H2,1-2H3. The highest BCUT2D eigenvalue weighted by Crippen LogP contribution is 2.35. The predicted octanol–water partition coefficient (Wildman–Crippen LogP) is 3.45. The fourth-order valence-electron chi connectivity index (χ4n) is 2.43. The highest BCUT2D eigenvalue weighted by molar-refractivity contribution is 9.10. The third kappa shape index (κ3) is 3.41. The molecule has 0 atom stereocenters. The number of aromatic nitrogens is 2. The van der Waals surface area contributed by atoms with Gasteiger partial charge in [-0.05, 0) is 59.6 Å². The van der Waals surface area contributed by atoms with Gasteiger partial charge in [-0.1, -0.05) is 12.1 Å². The second kappa shape index (κ2) is 7.06. The lowest BCUT2D eigenvalue weighted by molar-refractivity contribution is 0.317. The second-order valence-electron chi connectivity index (χ2n) is 5.32. The van der Waals surface area contributed by atoms with Crippen LogP contribution in [0.2, 0.25) is 0 Å². The largest absolute Gasteiger partial charge is 0.503 e. The molecule has 128 valence electrons. The summed E-state index contributed by atoms with van der Waals surface area (Å²) in [5.41, 5.74) is 1.08. The smallest absolute Gasteiger partial charge is 0.282 e. The Bertz CT molecular complexity index is 1030. The SMILES string of the molecule is CCOc1cc(C=Nn2c(C)nc3ccccc3c2=O)cc(Br)c1O. The molecule has 0 fully saturated rings. The van der Waals surface area contributed by atoms with Crippen LogP contribution in [0.25, 0.3) is 10.9 Å². The number of rotatable bonds is 4. The molecule has 7 heteroatoms. The van der Waals surface area contributed by atoms with E-state index in [1.54, 1.807) is 37.3 Å². The van der Waals surface area contributed by atoms with Crippen LogP contribution in [0.1, 0.15) is 18.3 Å². The Morgan fingerprint density at radius 1 is 1.36 bits per heavy atom. The van der Waals surface area contributed by atoms with Crippen molar-refractivity contribution in [2.75, 3.05) is 6.61 Å². The normalized spacial score (nSPS) is 11.3. The van der Waals surface area contributed by atoms with E-state index in [-0.39, 0.29) is 11.3 Å². The molecule has 0 spiro atoms. The van der Waals surface area contributed by atoms with E-state index in [1.807, 2.05) is 13.0 Å². The van der Waals surface area contributed by atoms with Gasteiger partial charge in [0.25, 0.3) is 5.56 Å². The summed E-state index contributed by atoms with van der Waals surface area (Å²) in [6, 6.07) is 10.5. The first-order valence-electron chi connectivity index (χ1n) is 7.69. The number of aryl methyl sites for hydroxylation is 1. The number of fused-ring (bicyclic) bond motifs is 1. The summed E-state index contributed by atoms with van der Waals surface area (Å²) in [4.78, 5) is 17.0. The Morgan fingerprint density at radius 2 is 2.12 bits per heavy atom. The van der Waals surface area contributed by atoms with Crippen LogP contribution in [0.4, 0.5) is 0 Å². The first-order valence-corrected chi connectivity index (χ1v) is 8.48. The van der Waals surface area contributed by atoms with Crippen LogP contribution in [0, 0.1) is 6.92 Å². The van der Waals surface area contributed by atoms with Gasteiger partial charge >= 0.3 is 0 Å². The number of phenols is 1. The number of hydrogen-bond donors (Lipinski definition) is 1. The Balaban J connectivity index is 2.06. The van der Waals surface area contributed by atoms with Crippen molar-refractivity contribution in [2.45, 2.75) is 13.8 Å². The van der Waals surface area contributed by atoms with Crippen LogP contribution >= 0.6 is 15.9 Å². The van der Waals surface area contributed by atoms with Crippen molar-refractivity contribution < 1.29 is 9.84 Å². The van der Waals surface area contributed by atoms with Crippen molar-refractivity contribution in [3.8, 4) is 11.5 Å². The van der Waals surface area contributed by atoms with E-state index in [4.69, 9.17) is 4.74 Å². The summed E-state index contributed by atoms with van der Waals surface area (Å²) in [5, 5.41) is 14.7. The number of benzene rings is 2. The highest BCUT2D eigenvalue weighted by Gasteiger charge is 2.09. The van der Waals surface area contributed by atoms with Crippen molar-refractivity contribution in [3.63, 3.8) is 0 Å². The first-order chi connectivity index (χ1) is 12.0. The second-order valence-corrected chi connectivity index (χ2v) is 6.17. The van der Waals surface area contributed by atoms with E-state index < -0.39 is 0 Å². The fraction of sp³-hybridized carbons (Fsp3) is 0.167. The summed E-state index contributed by atoms with van der Waals surface area (Å²) >= 11 is 3.28. The molecule has 0 aliphatic carbocycles. The molecule has 3 aromatic rings. The van der Waals surface area contributed by atoms with Crippen LogP contribution in [-0.2, 0) is 0 Å². The zero-order chi connectivity index (χ0) is 18.0. The van der Waals surface area contributed by atoms with Gasteiger partial charge in [-0.15, -0.1) is 0 Å². The summed E-state index contributed by atoms with van der Waals surface area (Å²) < 4.78 is 7.13. The number of phenolic OH excluding ortho intramolecular Hbond substituents is 1. The molecular formula is C18H16BrN3O3. The average molecular weight is 402 g/mol. The number of halogens is 1. The zero-order valence-electron chi connectivity index (χ0n) is 13.7. The molecule has 0 amide bonds. The van der Waals surface area contributed by atoms with Crippen molar-refractivity contribution in [2.24, 2.45) is 5.10 Å². The number of nitrogens with zero attached hydrogens (tertiary/aromatic N) is 3. The van der Waals surface area contributed by atoms with Crippen LogP contribution < -0.4 is 10.3 Å². The van der Waals surface area contributed by atoms with E-state index in [0.29, 0.717) is 39.1 Å². The summed E-state index contributed by atoms with van der Waals surface area (Å²) in [6.07, 6.45) is 1.53. The first kappa shape index (κ1) is 17.2. The maximum absolute atomic E-state index is 12.6. The zero-order valence-corrected chi connectivity index (χ0v) is 15.3. The topological polar surface area (TPSA) is 76.7 Å². The Hall–Kier alpha value is -2.67. The number of ether oxygens (including phenoxy) is 1. The number of para-hydroxylation sites is 1. The lowest BCUT2D eigenvalue weighted by atomic mass is 10.2. The maximum atomic E-state index is 12.6. The molecule has 3 rings (SSSR count). The van der Waals surface area contributed by atoms with Gasteiger partial charge in [0.05, 0.1) is 28.2 Å². The molecule has 0 unspecified atom stereocenters. The lowest BCUT2D eigenvalue weighted by Gasteiger charge is -2.09. The van der Waals surface area contributed by atoms with Gasteiger partial charge in [0, 0.05) is 0 Å². The Morgan fingerprint density at radius 3 is 2.88 bits per heavy atom. The minimum Gasteiger partial charge on any atom is -0.503 e.